The Morgan fingerprint density at radius 3 is 2.44 bits per heavy atom. The lowest BCUT2D eigenvalue weighted by atomic mass is 9.95. The molecule has 1 unspecified atom stereocenters. The SMILES string of the molecule is CCCCCOc1ccc(C2/C(=C(/O)c3ccc(Br)cc3)C(=O)C(=O)N2c2nnc(SCc3ccccc3)s2)cc1. The van der Waals surface area contributed by atoms with Crippen LogP contribution >= 0.6 is 39.0 Å². The predicted octanol–water partition coefficient (Wildman–Crippen LogP) is 7.79. The molecular formula is C31H28BrN3O4S2. The van der Waals surface area contributed by atoms with Gasteiger partial charge in [0, 0.05) is 15.8 Å². The van der Waals surface area contributed by atoms with E-state index in [1.807, 2.05) is 54.6 Å². The quantitative estimate of drug-likeness (QED) is 0.0443. The van der Waals surface area contributed by atoms with E-state index < -0.39 is 17.7 Å². The third-order valence-corrected chi connectivity index (χ3v) is 9.24. The van der Waals surface area contributed by atoms with Gasteiger partial charge in [-0.05, 0) is 41.8 Å². The molecule has 0 saturated carbocycles. The zero-order valence-electron chi connectivity index (χ0n) is 22.3. The second kappa shape index (κ2) is 13.5. The number of aliphatic hydroxyl groups is 1. The monoisotopic (exact) mass is 649 g/mol. The number of carbonyl (C=O) groups excluding carboxylic acids is 2. The van der Waals surface area contributed by atoms with Crippen molar-refractivity contribution in [2.45, 2.75) is 42.3 Å². The highest BCUT2D eigenvalue weighted by Crippen LogP contribution is 2.44. The average Bonchev–Trinajstić information content (AvgIpc) is 3.57. The summed E-state index contributed by atoms with van der Waals surface area (Å²) in [6.07, 6.45) is 3.17. The van der Waals surface area contributed by atoms with E-state index in [9.17, 15) is 14.7 Å². The molecule has 2 heterocycles. The topological polar surface area (TPSA) is 92.6 Å². The van der Waals surface area contributed by atoms with Crippen LogP contribution in [0.25, 0.3) is 5.76 Å². The second-order valence-corrected chi connectivity index (χ2v) is 12.5. The number of rotatable bonds is 11. The minimum absolute atomic E-state index is 0.00243. The highest BCUT2D eigenvalue weighted by Gasteiger charge is 2.48. The molecule has 1 N–H and O–H groups in total. The first-order valence-corrected chi connectivity index (χ1v) is 15.9. The van der Waals surface area contributed by atoms with Gasteiger partial charge in [-0.3, -0.25) is 14.5 Å². The summed E-state index contributed by atoms with van der Waals surface area (Å²) in [5, 5.41) is 20.2. The molecule has 1 saturated heterocycles. The van der Waals surface area contributed by atoms with Crippen LogP contribution in [0, 0.1) is 0 Å². The molecule has 7 nitrogen and oxygen atoms in total. The van der Waals surface area contributed by atoms with Crippen LogP contribution < -0.4 is 9.64 Å². The number of anilines is 1. The molecule has 1 aromatic heterocycles. The number of unbranched alkanes of at least 4 members (excludes halogenated alkanes) is 2. The van der Waals surface area contributed by atoms with Gasteiger partial charge in [-0.15, -0.1) is 10.2 Å². The van der Waals surface area contributed by atoms with E-state index in [-0.39, 0.29) is 11.3 Å². The van der Waals surface area contributed by atoms with E-state index in [4.69, 9.17) is 4.74 Å². The predicted molar refractivity (Wildman–Crippen MR) is 166 cm³/mol. The van der Waals surface area contributed by atoms with Crippen molar-refractivity contribution in [3.8, 4) is 5.75 Å². The van der Waals surface area contributed by atoms with Crippen molar-refractivity contribution >= 4 is 61.6 Å². The molecular weight excluding hydrogens is 622 g/mol. The average molecular weight is 651 g/mol. The van der Waals surface area contributed by atoms with E-state index in [0.29, 0.717) is 38.7 Å². The van der Waals surface area contributed by atoms with Crippen LogP contribution in [0.5, 0.6) is 5.75 Å². The van der Waals surface area contributed by atoms with Gasteiger partial charge in [0.25, 0.3) is 5.78 Å². The van der Waals surface area contributed by atoms with Gasteiger partial charge in [0.15, 0.2) is 4.34 Å². The minimum atomic E-state index is -0.882. The number of aromatic nitrogens is 2. The van der Waals surface area contributed by atoms with Crippen molar-refractivity contribution in [2.24, 2.45) is 0 Å². The Morgan fingerprint density at radius 1 is 1.00 bits per heavy atom. The molecule has 4 aromatic rings. The Kier molecular flexibility index (Phi) is 9.53. The van der Waals surface area contributed by atoms with Crippen LogP contribution in [-0.4, -0.2) is 33.6 Å². The summed E-state index contributed by atoms with van der Waals surface area (Å²) in [5.74, 6) is -0.383. The van der Waals surface area contributed by atoms with Gasteiger partial charge in [0.1, 0.15) is 11.5 Å². The lowest BCUT2D eigenvalue weighted by molar-refractivity contribution is -0.132. The normalized spacial score (nSPS) is 16.3. The number of hydrogen-bond donors (Lipinski definition) is 1. The fraction of sp³-hybridized carbons (Fsp3) is 0.226. The first-order valence-electron chi connectivity index (χ1n) is 13.3. The van der Waals surface area contributed by atoms with Crippen LogP contribution in [-0.2, 0) is 15.3 Å². The van der Waals surface area contributed by atoms with Gasteiger partial charge >= 0.3 is 5.91 Å². The Balaban J connectivity index is 1.49. The summed E-state index contributed by atoms with van der Waals surface area (Å²) < 4.78 is 7.37. The number of thioether (sulfide) groups is 1. The summed E-state index contributed by atoms with van der Waals surface area (Å²) in [7, 11) is 0. The van der Waals surface area contributed by atoms with Crippen molar-refractivity contribution in [3.05, 3.63) is 106 Å². The number of benzene rings is 3. The van der Waals surface area contributed by atoms with E-state index in [1.165, 1.54) is 28.0 Å². The molecule has 3 aromatic carbocycles. The second-order valence-electron chi connectivity index (χ2n) is 9.43. The standard InChI is InChI=1S/C31H28BrN3O4S2/c1-2-3-7-18-39-24-16-12-21(13-17-24)26-25(27(36)22-10-14-23(32)15-11-22)28(37)29(38)35(26)30-33-34-31(41-30)40-19-20-8-5-4-6-9-20/h4-6,8-17,26,36H,2-3,7,18-19H2,1H3/b27-25-. The summed E-state index contributed by atoms with van der Waals surface area (Å²) in [4.78, 5) is 28.3. The maximum Gasteiger partial charge on any atom is 0.301 e. The van der Waals surface area contributed by atoms with Gasteiger partial charge in [0.05, 0.1) is 18.2 Å². The molecule has 1 atom stereocenters. The molecule has 1 aliphatic rings. The molecule has 0 aliphatic carbocycles. The maximum absolute atomic E-state index is 13.5. The number of nitrogens with zero attached hydrogens (tertiary/aromatic N) is 3. The fourth-order valence-electron chi connectivity index (χ4n) is 4.47. The summed E-state index contributed by atoms with van der Waals surface area (Å²) >= 11 is 6.15. The lowest BCUT2D eigenvalue weighted by Crippen LogP contribution is -2.29. The van der Waals surface area contributed by atoms with Gasteiger partial charge in [0.2, 0.25) is 5.13 Å². The first kappa shape index (κ1) is 29.0. The molecule has 0 spiro atoms. The van der Waals surface area contributed by atoms with Crippen LogP contribution in [0.2, 0.25) is 0 Å². The largest absolute Gasteiger partial charge is 0.507 e. The van der Waals surface area contributed by atoms with Crippen LogP contribution in [0.1, 0.15) is 48.9 Å². The Morgan fingerprint density at radius 2 is 1.73 bits per heavy atom. The van der Waals surface area contributed by atoms with Crippen molar-refractivity contribution in [2.75, 3.05) is 11.5 Å². The molecule has 1 fully saturated rings. The molecule has 210 valence electrons. The molecule has 41 heavy (non-hydrogen) atoms. The smallest absolute Gasteiger partial charge is 0.301 e. The van der Waals surface area contributed by atoms with Crippen LogP contribution in [0.3, 0.4) is 0 Å². The summed E-state index contributed by atoms with van der Waals surface area (Å²) in [5.41, 5.74) is 2.23. The Bertz CT molecular complexity index is 1540. The van der Waals surface area contributed by atoms with Crippen LogP contribution in [0.4, 0.5) is 5.13 Å². The molecule has 0 bridgehead atoms. The number of amides is 1. The summed E-state index contributed by atoms with van der Waals surface area (Å²) in [6.45, 7) is 2.76. The van der Waals surface area contributed by atoms with Crippen molar-refractivity contribution < 1.29 is 19.4 Å². The van der Waals surface area contributed by atoms with Gasteiger partial charge in [-0.2, -0.15) is 0 Å². The number of ketones is 1. The zero-order valence-corrected chi connectivity index (χ0v) is 25.5. The summed E-state index contributed by atoms with van der Waals surface area (Å²) in [6, 6.07) is 23.3. The van der Waals surface area contributed by atoms with Gasteiger partial charge < -0.3 is 9.84 Å². The Hall–Kier alpha value is -3.47. The number of carbonyl (C=O) groups is 2. The molecule has 1 aliphatic heterocycles. The van der Waals surface area contributed by atoms with Gasteiger partial charge in [-0.25, -0.2) is 0 Å². The lowest BCUT2D eigenvalue weighted by Gasteiger charge is -2.22. The highest BCUT2D eigenvalue weighted by atomic mass is 79.9. The maximum atomic E-state index is 13.5. The number of Topliss-reactive ketones (excluding diaryl/α,β-unsaturated/α-hetero) is 1. The number of hydrogen-bond acceptors (Lipinski definition) is 8. The first-order chi connectivity index (χ1) is 20.0. The third kappa shape index (κ3) is 6.72. The van der Waals surface area contributed by atoms with Gasteiger partial charge in [-0.1, -0.05) is 113 Å². The number of halogens is 1. The van der Waals surface area contributed by atoms with E-state index in [0.717, 1.165) is 29.3 Å². The fourth-order valence-corrected chi connectivity index (χ4v) is 6.56. The highest BCUT2D eigenvalue weighted by molar-refractivity contribution is 9.10. The molecule has 5 rings (SSSR count). The third-order valence-electron chi connectivity index (χ3n) is 6.58. The zero-order chi connectivity index (χ0) is 28.8. The van der Waals surface area contributed by atoms with E-state index in [1.54, 1.807) is 24.3 Å². The minimum Gasteiger partial charge on any atom is -0.507 e. The van der Waals surface area contributed by atoms with Crippen molar-refractivity contribution in [1.82, 2.24) is 10.2 Å². The number of ether oxygens (including phenoxy) is 1. The van der Waals surface area contributed by atoms with E-state index >= 15 is 0 Å². The van der Waals surface area contributed by atoms with Crippen molar-refractivity contribution in [3.63, 3.8) is 0 Å². The Labute approximate surface area is 255 Å². The molecule has 0 radical (unpaired) electrons. The van der Waals surface area contributed by atoms with Crippen molar-refractivity contribution in [1.29, 1.82) is 0 Å². The number of aliphatic hydroxyl groups excluding tert-OH is 1. The van der Waals surface area contributed by atoms with Crippen LogP contribution in [0.15, 0.2) is 93.2 Å². The van der Waals surface area contributed by atoms with E-state index in [2.05, 4.69) is 33.1 Å². The molecule has 10 heteroatoms. The molecule has 1 amide bonds.